The van der Waals surface area contributed by atoms with Crippen LogP contribution in [0.15, 0.2) is 22.7 Å². The Bertz CT molecular complexity index is 402. The van der Waals surface area contributed by atoms with E-state index in [1.165, 1.54) is 31.2 Å². The topological polar surface area (TPSA) is 12.0 Å². The molecular weight excluding hydrogens is 322 g/mol. The molecule has 1 unspecified atom stereocenters. The van der Waals surface area contributed by atoms with E-state index in [1.807, 2.05) is 6.07 Å². The van der Waals surface area contributed by atoms with Crippen molar-refractivity contribution in [3.05, 3.63) is 33.3 Å². The largest absolute Gasteiger partial charge is 0.317 e. The molecule has 3 heteroatoms. The molecule has 1 aromatic rings. The molecule has 1 N–H and O–H groups in total. The molecule has 1 nitrogen and oxygen atoms in total. The van der Waals surface area contributed by atoms with Crippen molar-refractivity contribution in [3.63, 3.8) is 0 Å². The van der Waals surface area contributed by atoms with Gasteiger partial charge in [-0.05, 0) is 49.0 Å². The highest BCUT2D eigenvalue weighted by Crippen LogP contribution is 2.34. The normalized spacial score (nSPS) is 17.8. The molecule has 0 bridgehead atoms. The maximum absolute atomic E-state index is 6.36. The van der Waals surface area contributed by atoms with Crippen molar-refractivity contribution in [2.45, 2.75) is 39.0 Å². The van der Waals surface area contributed by atoms with Crippen LogP contribution in [0, 0.1) is 11.8 Å². The van der Waals surface area contributed by atoms with Crippen LogP contribution in [-0.4, -0.2) is 13.1 Å². The van der Waals surface area contributed by atoms with Crippen molar-refractivity contribution in [1.29, 1.82) is 0 Å². The van der Waals surface area contributed by atoms with Gasteiger partial charge >= 0.3 is 0 Å². The third-order valence-electron chi connectivity index (χ3n) is 4.22. The van der Waals surface area contributed by atoms with Crippen LogP contribution in [-0.2, 0) is 6.42 Å². The Morgan fingerprint density at radius 1 is 1.37 bits per heavy atom. The van der Waals surface area contributed by atoms with Gasteiger partial charge in [0.15, 0.2) is 0 Å². The zero-order chi connectivity index (χ0) is 13.7. The van der Waals surface area contributed by atoms with Gasteiger partial charge < -0.3 is 5.32 Å². The van der Waals surface area contributed by atoms with Crippen molar-refractivity contribution in [2.75, 3.05) is 13.1 Å². The summed E-state index contributed by atoms with van der Waals surface area (Å²) < 4.78 is 1.06. The van der Waals surface area contributed by atoms with Gasteiger partial charge in [-0.15, -0.1) is 0 Å². The van der Waals surface area contributed by atoms with Gasteiger partial charge in [0.1, 0.15) is 0 Å². The lowest BCUT2D eigenvalue weighted by Crippen LogP contribution is -2.29. The van der Waals surface area contributed by atoms with E-state index in [1.54, 1.807) is 0 Å². The van der Waals surface area contributed by atoms with Gasteiger partial charge in [0.05, 0.1) is 0 Å². The summed E-state index contributed by atoms with van der Waals surface area (Å²) >= 11 is 9.84. The molecule has 2 rings (SSSR count). The number of halogens is 2. The fourth-order valence-corrected chi connectivity index (χ4v) is 3.88. The molecule has 1 aliphatic carbocycles. The second-order valence-electron chi connectivity index (χ2n) is 5.55. The van der Waals surface area contributed by atoms with Crippen molar-refractivity contribution < 1.29 is 0 Å². The number of benzene rings is 1. The summed E-state index contributed by atoms with van der Waals surface area (Å²) in [5.74, 6) is 1.60. The molecule has 1 atom stereocenters. The summed E-state index contributed by atoms with van der Waals surface area (Å²) in [7, 11) is 0. The Morgan fingerprint density at radius 3 is 2.74 bits per heavy atom. The second kappa shape index (κ2) is 7.66. The van der Waals surface area contributed by atoms with Crippen LogP contribution in [0.4, 0.5) is 0 Å². The lowest BCUT2D eigenvalue weighted by atomic mass is 9.85. The van der Waals surface area contributed by atoms with Gasteiger partial charge in [-0.1, -0.05) is 66.2 Å². The summed E-state index contributed by atoms with van der Waals surface area (Å²) in [6.07, 6.45) is 6.70. The van der Waals surface area contributed by atoms with E-state index in [4.69, 9.17) is 11.6 Å². The third kappa shape index (κ3) is 4.47. The molecule has 1 aromatic carbocycles. The van der Waals surface area contributed by atoms with E-state index >= 15 is 0 Å². The third-order valence-corrected chi connectivity index (χ3v) is 5.07. The maximum Gasteiger partial charge on any atom is 0.0449 e. The van der Waals surface area contributed by atoms with E-state index < -0.39 is 0 Å². The molecular formula is C16H23BrClN. The minimum absolute atomic E-state index is 0.723. The Labute approximate surface area is 130 Å². The Morgan fingerprint density at radius 2 is 2.11 bits per heavy atom. The smallest absolute Gasteiger partial charge is 0.0449 e. The van der Waals surface area contributed by atoms with Gasteiger partial charge in [0, 0.05) is 9.50 Å². The monoisotopic (exact) mass is 343 g/mol. The fraction of sp³-hybridized carbons (Fsp3) is 0.625. The first kappa shape index (κ1) is 15.3. The summed E-state index contributed by atoms with van der Waals surface area (Å²) in [6.45, 7) is 4.35. The Balaban J connectivity index is 2.05. The molecule has 0 saturated heterocycles. The van der Waals surface area contributed by atoms with Crippen LogP contribution in [0.2, 0.25) is 5.02 Å². The molecule has 19 heavy (non-hydrogen) atoms. The van der Waals surface area contributed by atoms with Gasteiger partial charge in [-0.3, -0.25) is 0 Å². The summed E-state index contributed by atoms with van der Waals surface area (Å²) in [4.78, 5) is 0. The SMILES string of the molecule is CCNCC(Cc1ccc(Br)cc1Cl)C1CCCC1. The molecule has 0 heterocycles. The summed E-state index contributed by atoms with van der Waals surface area (Å²) in [6, 6.07) is 6.27. The first-order valence-electron chi connectivity index (χ1n) is 7.35. The second-order valence-corrected chi connectivity index (χ2v) is 6.88. The van der Waals surface area contributed by atoms with Crippen LogP contribution in [0.25, 0.3) is 0 Å². The van der Waals surface area contributed by atoms with Gasteiger partial charge in [0.2, 0.25) is 0 Å². The average Bonchev–Trinajstić information content (AvgIpc) is 2.90. The molecule has 0 amide bonds. The molecule has 1 fully saturated rings. The minimum Gasteiger partial charge on any atom is -0.317 e. The first-order valence-corrected chi connectivity index (χ1v) is 8.52. The van der Waals surface area contributed by atoms with E-state index in [9.17, 15) is 0 Å². The maximum atomic E-state index is 6.36. The van der Waals surface area contributed by atoms with Crippen LogP contribution in [0.3, 0.4) is 0 Å². The average molecular weight is 345 g/mol. The van der Waals surface area contributed by atoms with Crippen molar-refractivity contribution in [3.8, 4) is 0 Å². The lowest BCUT2D eigenvalue weighted by molar-refractivity contribution is 0.323. The molecule has 0 aromatic heterocycles. The molecule has 1 saturated carbocycles. The number of nitrogens with one attached hydrogen (secondary N) is 1. The van der Waals surface area contributed by atoms with E-state index in [-0.39, 0.29) is 0 Å². The number of hydrogen-bond donors (Lipinski definition) is 1. The van der Waals surface area contributed by atoms with Crippen LogP contribution in [0.5, 0.6) is 0 Å². The van der Waals surface area contributed by atoms with Crippen molar-refractivity contribution in [1.82, 2.24) is 5.32 Å². The van der Waals surface area contributed by atoms with E-state index in [0.29, 0.717) is 0 Å². The standard InChI is InChI=1S/C16H23BrClN/c1-2-19-11-14(12-5-3-4-6-12)9-13-7-8-15(17)10-16(13)18/h7-8,10,12,14,19H,2-6,9,11H2,1H3. The fourth-order valence-electron chi connectivity index (χ4n) is 3.13. The van der Waals surface area contributed by atoms with Crippen LogP contribution < -0.4 is 5.32 Å². The Kier molecular flexibility index (Phi) is 6.18. The van der Waals surface area contributed by atoms with Crippen LogP contribution >= 0.6 is 27.5 Å². The lowest BCUT2D eigenvalue weighted by Gasteiger charge is -2.24. The summed E-state index contributed by atoms with van der Waals surface area (Å²) in [5.41, 5.74) is 1.29. The zero-order valence-electron chi connectivity index (χ0n) is 11.6. The van der Waals surface area contributed by atoms with Crippen LogP contribution in [0.1, 0.15) is 38.2 Å². The highest BCUT2D eigenvalue weighted by Gasteiger charge is 2.25. The molecule has 106 valence electrons. The highest BCUT2D eigenvalue weighted by atomic mass is 79.9. The van der Waals surface area contributed by atoms with Gasteiger partial charge in [0.25, 0.3) is 0 Å². The van der Waals surface area contributed by atoms with Crippen molar-refractivity contribution >= 4 is 27.5 Å². The molecule has 0 aliphatic heterocycles. The molecule has 1 aliphatic rings. The minimum atomic E-state index is 0.723. The van der Waals surface area contributed by atoms with E-state index in [2.05, 4.69) is 40.3 Å². The van der Waals surface area contributed by atoms with Crippen molar-refractivity contribution in [2.24, 2.45) is 11.8 Å². The number of hydrogen-bond acceptors (Lipinski definition) is 1. The Hall–Kier alpha value is -0.0500. The highest BCUT2D eigenvalue weighted by molar-refractivity contribution is 9.10. The quantitative estimate of drug-likeness (QED) is 0.760. The predicted octanol–water partition coefficient (Wildman–Crippen LogP) is 5.06. The van der Waals surface area contributed by atoms with Gasteiger partial charge in [-0.2, -0.15) is 0 Å². The van der Waals surface area contributed by atoms with Gasteiger partial charge in [-0.25, -0.2) is 0 Å². The van der Waals surface area contributed by atoms with E-state index in [0.717, 1.165) is 40.8 Å². The molecule has 0 radical (unpaired) electrons. The zero-order valence-corrected chi connectivity index (χ0v) is 13.9. The predicted molar refractivity (Wildman–Crippen MR) is 86.8 cm³/mol. The summed E-state index contributed by atoms with van der Waals surface area (Å²) in [5, 5.41) is 4.42. The first-order chi connectivity index (χ1) is 9.20. The number of rotatable bonds is 6. The molecule has 0 spiro atoms.